The average molecular weight is 594 g/mol. The van der Waals surface area contributed by atoms with Gasteiger partial charge >= 0.3 is 5.91 Å². The van der Waals surface area contributed by atoms with Gasteiger partial charge in [0.25, 0.3) is 5.78 Å². The van der Waals surface area contributed by atoms with Gasteiger partial charge in [-0.2, -0.15) is 0 Å². The van der Waals surface area contributed by atoms with Crippen molar-refractivity contribution in [1.82, 2.24) is 10.2 Å². The van der Waals surface area contributed by atoms with Crippen LogP contribution in [-0.2, 0) is 15.3 Å². The van der Waals surface area contributed by atoms with Crippen molar-refractivity contribution >= 4 is 45.7 Å². The average Bonchev–Trinajstić information content (AvgIpc) is 3.55. The van der Waals surface area contributed by atoms with Gasteiger partial charge in [-0.3, -0.25) is 14.5 Å². The molecule has 3 aromatic carbocycles. The Labute approximate surface area is 242 Å². The number of carbonyl (C=O) groups is 2. The lowest BCUT2D eigenvalue weighted by Gasteiger charge is -2.23. The number of ketones is 1. The Balaban J connectivity index is 1.57. The molecular weight excluding hydrogens is 569 g/mol. The van der Waals surface area contributed by atoms with Crippen LogP contribution in [0.15, 0.2) is 76.6 Å². The van der Waals surface area contributed by atoms with Crippen molar-refractivity contribution in [3.8, 4) is 17.2 Å². The second kappa shape index (κ2) is 12.0. The molecule has 9 nitrogen and oxygen atoms in total. The van der Waals surface area contributed by atoms with E-state index in [0.717, 1.165) is 11.3 Å². The number of phenolic OH excluding ortho intramolecular Hbond substituents is 1. The van der Waals surface area contributed by atoms with Crippen molar-refractivity contribution in [2.24, 2.45) is 0 Å². The number of hydrogen-bond donors (Lipinski definition) is 2. The molecule has 1 aromatic heterocycles. The molecule has 41 heavy (non-hydrogen) atoms. The molecule has 1 unspecified atom stereocenters. The highest BCUT2D eigenvalue weighted by atomic mass is 32.2. The van der Waals surface area contributed by atoms with Gasteiger partial charge < -0.3 is 19.7 Å². The highest BCUT2D eigenvalue weighted by Gasteiger charge is 2.48. The number of halogens is 1. The Morgan fingerprint density at radius 1 is 1.10 bits per heavy atom. The monoisotopic (exact) mass is 593 g/mol. The van der Waals surface area contributed by atoms with Crippen LogP contribution >= 0.6 is 23.1 Å². The van der Waals surface area contributed by atoms with E-state index >= 15 is 0 Å². The second-order valence-electron chi connectivity index (χ2n) is 8.79. The maximum Gasteiger partial charge on any atom is 0.301 e. The first kappa shape index (κ1) is 28.1. The van der Waals surface area contributed by atoms with Gasteiger partial charge in [-0.05, 0) is 60.5 Å². The third-order valence-electron chi connectivity index (χ3n) is 6.32. The van der Waals surface area contributed by atoms with Crippen molar-refractivity contribution in [2.45, 2.75) is 23.1 Å². The number of aliphatic hydroxyl groups is 1. The minimum atomic E-state index is -1.10. The molecule has 0 spiro atoms. The zero-order valence-electron chi connectivity index (χ0n) is 21.9. The summed E-state index contributed by atoms with van der Waals surface area (Å²) in [7, 11) is 1.51. The van der Waals surface area contributed by atoms with Gasteiger partial charge in [0, 0.05) is 11.3 Å². The quantitative estimate of drug-likeness (QED) is 0.0826. The molecule has 1 saturated heterocycles. The highest BCUT2D eigenvalue weighted by molar-refractivity contribution is 8.00. The van der Waals surface area contributed by atoms with Gasteiger partial charge in [-0.25, -0.2) is 4.39 Å². The fraction of sp³-hybridized carbons (Fsp3) is 0.172. The number of carbonyl (C=O) groups excluding carboxylic acids is 2. The first-order valence-electron chi connectivity index (χ1n) is 12.4. The predicted octanol–water partition coefficient (Wildman–Crippen LogP) is 5.71. The molecule has 1 amide bonds. The number of aliphatic hydroxyl groups excluding tert-OH is 1. The number of phenols is 1. The molecule has 210 valence electrons. The summed E-state index contributed by atoms with van der Waals surface area (Å²) in [5.74, 6) is -1.68. The molecule has 0 saturated carbocycles. The number of amides is 1. The van der Waals surface area contributed by atoms with Crippen LogP contribution in [0.2, 0.25) is 0 Å². The van der Waals surface area contributed by atoms with Gasteiger partial charge in [0.05, 0.1) is 25.3 Å². The summed E-state index contributed by atoms with van der Waals surface area (Å²) in [5, 5.41) is 30.0. The number of rotatable bonds is 9. The largest absolute Gasteiger partial charge is 0.507 e. The maximum absolute atomic E-state index is 14.1. The van der Waals surface area contributed by atoms with Gasteiger partial charge in [-0.1, -0.05) is 47.4 Å². The Hall–Kier alpha value is -4.42. The normalized spacial score (nSPS) is 16.3. The number of anilines is 1. The van der Waals surface area contributed by atoms with E-state index in [9.17, 15) is 24.2 Å². The number of benzene rings is 3. The maximum atomic E-state index is 14.1. The summed E-state index contributed by atoms with van der Waals surface area (Å²) in [6.45, 7) is 2.02. The summed E-state index contributed by atoms with van der Waals surface area (Å²) >= 11 is 2.30. The van der Waals surface area contributed by atoms with Crippen LogP contribution in [0.3, 0.4) is 0 Å². The van der Waals surface area contributed by atoms with Crippen molar-refractivity contribution in [3.05, 3.63) is 94.8 Å². The minimum Gasteiger partial charge on any atom is -0.507 e. The molecule has 5 rings (SSSR count). The van der Waals surface area contributed by atoms with Crippen LogP contribution in [0.5, 0.6) is 17.2 Å². The molecule has 0 aliphatic carbocycles. The Bertz CT molecular complexity index is 1640. The zero-order valence-corrected chi connectivity index (χ0v) is 23.5. The molecule has 2 N–H and O–H groups in total. The molecular formula is C29H24FN3O6S2. The topological polar surface area (TPSA) is 122 Å². The molecule has 1 atom stereocenters. The molecule has 0 radical (unpaired) electrons. The van der Waals surface area contributed by atoms with E-state index in [1.165, 1.54) is 48.0 Å². The van der Waals surface area contributed by atoms with E-state index in [2.05, 4.69) is 10.2 Å². The number of ether oxygens (including phenoxy) is 2. The number of nitrogens with zero attached hydrogens (tertiary/aromatic N) is 3. The van der Waals surface area contributed by atoms with Gasteiger partial charge in [-0.15, -0.1) is 10.2 Å². The van der Waals surface area contributed by atoms with Gasteiger partial charge in [0.1, 0.15) is 17.3 Å². The van der Waals surface area contributed by atoms with E-state index in [0.29, 0.717) is 26.8 Å². The van der Waals surface area contributed by atoms with Crippen LogP contribution in [-0.4, -0.2) is 45.8 Å². The van der Waals surface area contributed by atoms with E-state index in [4.69, 9.17) is 9.47 Å². The molecule has 1 aliphatic heterocycles. The fourth-order valence-corrected chi connectivity index (χ4v) is 6.19. The minimum absolute atomic E-state index is 0.118. The number of methoxy groups -OCH3 is 1. The molecule has 4 aromatic rings. The number of thioether (sulfide) groups is 1. The molecule has 1 aliphatic rings. The number of Topliss-reactive ketones (excluding diaryl/α,β-unsaturated/α-hetero) is 1. The SMILES string of the molecule is CCOc1cc(C2/C(=C(/O)c3ccc(OC)cc3)C(=O)C(=O)N2c2nnc(SCc3ccccc3F)s2)ccc1O. The lowest BCUT2D eigenvalue weighted by Crippen LogP contribution is -2.29. The summed E-state index contributed by atoms with van der Waals surface area (Å²) in [5.41, 5.74) is 1.03. The first-order chi connectivity index (χ1) is 19.8. The molecule has 0 bridgehead atoms. The first-order valence-corrected chi connectivity index (χ1v) is 14.2. The summed E-state index contributed by atoms with van der Waals surface area (Å²) in [6.07, 6.45) is 0. The summed E-state index contributed by atoms with van der Waals surface area (Å²) < 4.78 is 25.3. The number of aromatic hydroxyl groups is 1. The van der Waals surface area contributed by atoms with Crippen molar-refractivity contribution in [3.63, 3.8) is 0 Å². The van der Waals surface area contributed by atoms with Gasteiger partial charge in [0.2, 0.25) is 5.13 Å². The Kier molecular flexibility index (Phi) is 8.22. The lowest BCUT2D eigenvalue weighted by molar-refractivity contribution is -0.132. The van der Waals surface area contributed by atoms with Crippen LogP contribution in [0.4, 0.5) is 9.52 Å². The zero-order chi connectivity index (χ0) is 29.1. The highest BCUT2D eigenvalue weighted by Crippen LogP contribution is 2.45. The molecule has 2 heterocycles. The van der Waals surface area contributed by atoms with Gasteiger partial charge in [0.15, 0.2) is 15.8 Å². The predicted molar refractivity (Wildman–Crippen MR) is 153 cm³/mol. The summed E-state index contributed by atoms with van der Waals surface area (Å²) in [6, 6.07) is 16.1. The fourth-order valence-electron chi connectivity index (χ4n) is 4.33. The standard InChI is InChI=1S/C29H24FN3O6S2/c1-3-39-22-14-17(10-13-21(22)34)24-23(25(35)16-8-11-19(38-2)12-9-16)26(36)27(37)33(24)28-31-32-29(41-28)40-15-18-6-4-5-7-20(18)30/h4-14,24,34-35H,3,15H2,1-2H3/b25-23-. The third-order valence-corrected chi connectivity index (χ3v) is 8.42. The molecule has 12 heteroatoms. The van der Waals surface area contributed by atoms with E-state index in [-0.39, 0.29) is 46.1 Å². The smallest absolute Gasteiger partial charge is 0.301 e. The van der Waals surface area contributed by atoms with Crippen molar-refractivity contribution < 1.29 is 33.7 Å². The van der Waals surface area contributed by atoms with Crippen LogP contribution in [0.25, 0.3) is 5.76 Å². The lowest BCUT2D eigenvalue weighted by atomic mass is 9.95. The van der Waals surface area contributed by atoms with E-state index < -0.39 is 17.7 Å². The van der Waals surface area contributed by atoms with E-state index in [1.54, 1.807) is 49.4 Å². The summed E-state index contributed by atoms with van der Waals surface area (Å²) in [4.78, 5) is 28.1. The molecule has 1 fully saturated rings. The number of hydrogen-bond acceptors (Lipinski definition) is 10. The van der Waals surface area contributed by atoms with Crippen LogP contribution in [0, 0.1) is 5.82 Å². The second-order valence-corrected chi connectivity index (χ2v) is 11.0. The Morgan fingerprint density at radius 3 is 2.56 bits per heavy atom. The number of aromatic nitrogens is 2. The van der Waals surface area contributed by atoms with Crippen molar-refractivity contribution in [1.29, 1.82) is 0 Å². The van der Waals surface area contributed by atoms with Crippen LogP contribution < -0.4 is 14.4 Å². The van der Waals surface area contributed by atoms with Crippen molar-refractivity contribution in [2.75, 3.05) is 18.6 Å². The van der Waals surface area contributed by atoms with E-state index in [1.807, 2.05) is 0 Å². The Morgan fingerprint density at radius 2 is 1.85 bits per heavy atom. The third kappa shape index (κ3) is 5.61. The van der Waals surface area contributed by atoms with Crippen LogP contribution in [0.1, 0.15) is 29.7 Å².